The topological polar surface area (TPSA) is 40.5 Å². The smallest absolute Gasteiger partial charge is 0.343 e. The zero-order valence-corrected chi connectivity index (χ0v) is 10.4. The summed E-state index contributed by atoms with van der Waals surface area (Å²) in [4.78, 5) is 0. The quantitative estimate of drug-likeness (QED) is 0.743. The van der Waals surface area contributed by atoms with E-state index in [1.807, 2.05) is 42.8 Å². The Hall–Kier alpha value is -0.830. The van der Waals surface area contributed by atoms with Crippen molar-refractivity contribution in [3.63, 3.8) is 0 Å². The Labute approximate surface area is 95.4 Å². The van der Waals surface area contributed by atoms with Crippen LogP contribution in [0.2, 0.25) is 0 Å². The lowest BCUT2D eigenvalue weighted by atomic mass is 10.4. The van der Waals surface area contributed by atoms with Gasteiger partial charge >= 0.3 is 7.60 Å². The van der Waals surface area contributed by atoms with Crippen LogP contribution in [-0.2, 0) is 20.2 Å². The first-order valence-corrected chi connectivity index (χ1v) is 6.99. The van der Waals surface area contributed by atoms with E-state index in [2.05, 4.69) is 0 Å². The minimum Gasteiger partial charge on any atom is -0.343 e. The maximum absolute atomic E-state index is 12.5. The number of fused-ring (bicyclic) bond motifs is 1. The highest BCUT2D eigenvalue weighted by Crippen LogP contribution is 2.58. The molecule has 0 saturated heterocycles. The molecule has 0 unspecified atom stereocenters. The molecular weight excluding hydrogens is 225 g/mol. The molecule has 0 spiro atoms. The van der Waals surface area contributed by atoms with Gasteiger partial charge in [0.1, 0.15) is 0 Å². The molecule has 0 saturated carbocycles. The molecule has 0 radical (unpaired) electrons. The Kier molecular flexibility index (Phi) is 3.33. The molecule has 16 heavy (non-hydrogen) atoms. The van der Waals surface area contributed by atoms with Gasteiger partial charge in [-0.2, -0.15) is 0 Å². The Morgan fingerprint density at radius 3 is 2.62 bits per heavy atom. The van der Waals surface area contributed by atoms with Crippen LogP contribution in [0, 0.1) is 0 Å². The average Bonchev–Trinajstić information content (AvgIpc) is 2.77. The van der Waals surface area contributed by atoms with Gasteiger partial charge in [-0.1, -0.05) is 0 Å². The molecule has 1 aliphatic rings. The summed E-state index contributed by atoms with van der Waals surface area (Å²) in [5, 5.41) is 0.742. The van der Waals surface area contributed by atoms with Gasteiger partial charge < -0.3 is 13.6 Å². The third-order valence-corrected chi connectivity index (χ3v) is 4.63. The van der Waals surface area contributed by atoms with Gasteiger partial charge in [-0.15, -0.1) is 0 Å². The molecule has 0 aromatic carbocycles. The predicted octanol–water partition coefficient (Wildman–Crippen LogP) is 3.11. The molecule has 0 fully saturated rings. The van der Waals surface area contributed by atoms with Crippen molar-refractivity contribution in [1.29, 1.82) is 0 Å². The summed E-state index contributed by atoms with van der Waals surface area (Å²) in [5.41, 5.74) is 1.05. The van der Waals surface area contributed by atoms with E-state index in [1.165, 1.54) is 0 Å². The van der Waals surface area contributed by atoms with Crippen molar-refractivity contribution >= 4 is 13.7 Å². The molecule has 1 aliphatic heterocycles. The first kappa shape index (κ1) is 11.6. The van der Waals surface area contributed by atoms with E-state index in [0.717, 1.165) is 11.0 Å². The van der Waals surface area contributed by atoms with Gasteiger partial charge in [0.15, 0.2) is 0 Å². The lowest BCUT2D eigenvalue weighted by Gasteiger charge is -2.17. The van der Waals surface area contributed by atoms with Gasteiger partial charge in [-0.05, 0) is 32.1 Å². The zero-order valence-electron chi connectivity index (χ0n) is 9.55. The summed E-state index contributed by atoms with van der Waals surface area (Å²) in [5.74, 6) is 0. The largest absolute Gasteiger partial charge is 0.359 e. The van der Waals surface area contributed by atoms with Gasteiger partial charge in [0.05, 0.1) is 25.1 Å². The summed E-state index contributed by atoms with van der Waals surface area (Å²) in [6.07, 6.45) is 3.85. The van der Waals surface area contributed by atoms with Crippen molar-refractivity contribution in [2.24, 2.45) is 0 Å². The maximum atomic E-state index is 12.5. The van der Waals surface area contributed by atoms with Crippen LogP contribution >= 0.6 is 7.60 Å². The third kappa shape index (κ3) is 2.01. The number of hydrogen-bond acceptors (Lipinski definition) is 3. The fraction of sp³-hybridized carbons (Fsp3) is 0.455. The summed E-state index contributed by atoms with van der Waals surface area (Å²) < 4.78 is 25.1. The van der Waals surface area contributed by atoms with E-state index >= 15 is 0 Å². The normalized spacial score (nSPS) is 15.0. The lowest BCUT2D eigenvalue weighted by Crippen LogP contribution is -2.01. The maximum Gasteiger partial charge on any atom is 0.359 e. The van der Waals surface area contributed by atoms with E-state index < -0.39 is 7.60 Å². The molecule has 5 heteroatoms. The Balaban J connectivity index is 2.24. The second-order valence-electron chi connectivity index (χ2n) is 3.53. The van der Waals surface area contributed by atoms with E-state index in [-0.39, 0.29) is 0 Å². The summed E-state index contributed by atoms with van der Waals surface area (Å²) in [7, 11) is -3.08. The Bertz CT molecular complexity index is 440. The van der Waals surface area contributed by atoms with Gasteiger partial charge in [-0.25, -0.2) is 0 Å². The minimum atomic E-state index is -3.08. The first-order valence-electron chi connectivity index (χ1n) is 5.45. The number of rotatable bonds is 5. The third-order valence-electron chi connectivity index (χ3n) is 2.46. The van der Waals surface area contributed by atoms with Gasteiger partial charge in [-0.3, -0.25) is 4.57 Å². The van der Waals surface area contributed by atoms with Crippen molar-refractivity contribution < 1.29 is 13.6 Å². The van der Waals surface area contributed by atoms with Gasteiger partial charge in [0, 0.05) is 11.9 Å². The molecule has 0 N–H and O–H groups in total. The van der Waals surface area contributed by atoms with E-state index in [9.17, 15) is 4.57 Å². The highest BCUT2D eigenvalue weighted by molar-refractivity contribution is 7.58. The van der Waals surface area contributed by atoms with Crippen LogP contribution in [0.3, 0.4) is 0 Å². The van der Waals surface area contributed by atoms with Crippen LogP contribution < -0.4 is 0 Å². The highest BCUT2D eigenvalue weighted by atomic mass is 31.2. The molecule has 0 amide bonds. The molecule has 1 aromatic heterocycles. The Morgan fingerprint density at radius 2 is 2.06 bits per heavy atom. The monoisotopic (exact) mass is 241 g/mol. The summed E-state index contributed by atoms with van der Waals surface area (Å²) >= 11 is 0. The second kappa shape index (κ2) is 4.58. The van der Waals surface area contributed by atoms with E-state index in [1.54, 1.807) is 0 Å². The molecule has 4 nitrogen and oxygen atoms in total. The molecule has 0 atom stereocenters. The van der Waals surface area contributed by atoms with Crippen molar-refractivity contribution in [1.82, 2.24) is 4.57 Å². The molecule has 0 bridgehead atoms. The van der Waals surface area contributed by atoms with Gasteiger partial charge in [0.25, 0.3) is 0 Å². The fourth-order valence-electron chi connectivity index (χ4n) is 1.80. The van der Waals surface area contributed by atoms with Crippen LogP contribution in [0.4, 0.5) is 0 Å². The second-order valence-corrected chi connectivity index (χ2v) is 5.62. The highest BCUT2D eigenvalue weighted by Gasteiger charge is 2.32. The van der Waals surface area contributed by atoms with Gasteiger partial charge in [0.2, 0.25) is 0 Å². The van der Waals surface area contributed by atoms with E-state index in [0.29, 0.717) is 19.8 Å². The molecule has 2 heterocycles. The standard InChI is InChI=1S/C11H16NO3P/c1-3-14-16(13,15-4-2)11-8-10-6-5-7-12(10)9-11/h5-8H,3-4,9H2,1-2H3. The molecular formula is C11H16NO3P. The lowest BCUT2D eigenvalue weighted by molar-refractivity contribution is 0.225. The van der Waals surface area contributed by atoms with Crippen LogP contribution in [-0.4, -0.2) is 17.8 Å². The predicted molar refractivity (Wildman–Crippen MR) is 63.3 cm³/mol. The number of nitrogens with zero attached hydrogens (tertiary/aromatic N) is 1. The Morgan fingerprint density at radius 1 is 1.38 bits per heavy atom. The first-order chi connectivity index (χ1) is 7.69. The van der Waals surface area contributed by atoms with Crippen LogP contribution in [0.5, 0.6) is 0 Å². The summed E-state index contributed by atoms with van der Waals surface area (Å²) in [6.45, 7) is 5.02. The van der Waals surface area contributed by atoms with Crippen LogP contribution in [0.25, 0.3) is 6.08 Å². The van der Waals surface area contributed by atoms with Crippen molar-refractivity contribution in [3.8, 4) is 0 Å². The van der Waals surface area contributed by atoms with E-state index in [4.69, 9.17) is 9.05 Å². The van der Waals surface area contributed by atoms with Crippen molar-refractivity contribution in [2.45, 2.75) is 20.4 Å². The van der Waals surface area contributed by atoms with Crippen LogP contribution in [0.1, 0.15) is 19.5 Å². The number of allylic oxidation sites excluding steroid dienone is 1. The number of aromatic nitrogens is 1. The molecule has 1 aromatic rings. The zero-order chi connectivity index (χ0) is 11.6. The molecule has 0 aliphatic carbocycles. The summed E-state index contributed by atoms with van der Waals surface area (Å²) in [6, 6.07) is 3.95. The van der Waals surface area contributed by atoms with Crippen molar-refractivity contribution in [2.75, 3.05) is 13.2 Å². The fourth-order valence-corrected chi connectivity index (χ4v) is 3.50. The van der Waals surface area contributed by atoms with Crippen molar-refractivity contribution in [3.05, 3.63) is 29.3 Å². The molecule has 2 rings (SSSR count). The molecule has 88 valence electrons. The minimum absolute atomic E-state index is 0.392. The SMILES string of the molecule is CCOP(=O)(OCC)C1=Cc2cccn2C1. The number of hydrogen-bond donors (Lipinski definition) is 0. The van der Waals surface area contributed by atoms with Crippen LogP contribution in [0.15, 0.2) is 23.6 Å². The average molecular weight is 241 g/mol.